The molecule has 0 atom stereocenters. The van der Waals surface area contributed by atoms with E-state index >= 15 is 0 Å². The molecule has 0 heterocycles. The molecule has 17 heavy (non-hydrogen) atoms. The minimum Gasteiger partial charge on any atom is -0.375 e. The van der Waals surface area contributed by atoms with E-state index in [1.165, 1.54) is 0 Å². The monoisotopic (exact) mass is 242 g/mol. The van der Waals surface area contributed by atoms with E-state index in [9.17, 15) is 10.1 Å². The van der Waals surface area contributed by atoms with Crippen molar-refractivity contribution in [2.24, 2.45) is 5.73 Å². The molecule has 2 rings (SSSR count). The Morgan fingerprint density at radius 1 is 0.941 bits per heavy atom. The second-order valence-electron chi connectivity index (χ2n) is 5.39. The zero-order valence-corrected chi connectivity index (χ0v) is 10.2. The zero-order chi connectivity index (χ0) is 12.3. The zero-order valence-electron chi connectivity index (χ0n) is 10.2. The van der Waals surface area contributed by atoms with Crippen LogP contribution >= 0.6 is 0 Å². The Labute approximate surface area is 102 Å². The maximum absolute atomic E-state index is 10.6. The van der Waals surface area contributed by atoms with Gasteiger partial charge in [-0.1, -0.05) is 0 Å². The van der Waals surface area contributed by atoms with Crippen LogP contribution in [0.3, 0.4) is 0 Å². The van der Waals surface area contributed by atoms with Crippen molar-refractivity contribution < 1.29 is 9.66 Å². The van der Waals surface area contributed by atoms with Gasteiger partial charge in [-0.3, -0.25) is 10.1 Å². The summed E-state index contributed by atoms with van der Waals surface area (Å²) in [6.07, 6.45) is 7.81. The summed E-state index contributed by atoms with van der Waals surface area (Å²) >= 11 is 0. The van der Waals surface area contributed by atoms with Gasteiger partial charge in [0.25, 0.3) is 0 Å². The predicted molar refractivity (Wildman–Crippen MR) is 64.4 cm³/mol. The first-order valence-corrected chi connectivity index (χ1v) is 6.69. The third-order valence-corrected chi connectivity index (χ3v) is 4.05. The summed E-state index contributed by atoms with van der Waals surface area (Å²) in [5.41, 5.74) is 5.85. The summed E-state index contributed by atoms with van der Waals surface area (Å²) < 4.78 is 6.03. The van der Waals surface area contributed by atoms with Gasteiger partial charge in [0.15, 0.2) is 0 Å². The molecule has 2 N–H and O–H groups in total. The topological polar surface area (TPSA) is 78.4 Å². The van der Waals surface area contributed by atoms with Crippen LogP contribution in [0.15, 0.2) is 0 Å². The average Bonchev–Trinajstić information content (AvgIpc) is 2.33. The fraction of sp³-hybridized carbons (Fsp3) is 1.00. The molecule has 0 bridgehead atoms. The normalized spacial score (nSPS) is 38.9. The number of nitro groups is 1. The third kappa shape index (κ3) is 3.64. The molecule has 0 amide bonds. The van der Waals surface area contributed by atoms with Crippen LogP contribution in [-0.4, -0.2) is 29.2 Å². The van der Waals surface area contributed by atoms with Crippen molar-refractivity contribution in [2.75, 3.05) is 0 Å². The van der Waals surface area contributed by atoms with Gasteiger partial charge < -0.3 is 10.5 Å². The van der Waals surface area contributed by atoms with E-state index in [4.69, 9.17) is 10.5 Å². The van der Waals surface area contributed by atoms with E-state index in [2.05, 4.69) is 0 Å². The van der Waals surface area contributed by atoms with Gasteiger partial charge in [0.05, 0.1) is 12.2 Å². The molecule has 98 valence electrons. The van der Waals surface area contributed by atoms with Crippen LogP contribution in [0.4, 0.5) is 0 Å². The number of ether oxygens (including phenoxy) is 1. The third-order valence-electron chi connectivity index (χ3n) is 4.05. The van der Waals surface area contributed by atoms with E-state index in [0.717, 1.165) is 38.5 Å². The van der Waals surface area contributed by atoms with E-state index in [1.807, 2.05) is 0 Å². The molecular weight excluding hydrogens is 220 g/mol. The van der Waals surface area contributed by atoms with E-state index in [0.29, 0.717) is 25.0 Å². The molecule has 0 aromatic carbocycles. The summed E-state index contributed by atoms with van der Waals surface area (Å²) in [4.78, 5) is 10.5. The lowest BCUT2D eigenvalue weighted by Gasteiger charge is -2.32. The van der Waals surface area contributed by atoms with Gasteiger partial charge in [-0.2, -0.15) is 0 Å². The van der Waals surface area contributed by atoms with Crippen LogP contribution in [0.2, 0.25) is 0 Å². The molecule has 5 heteroatoms. The highest BCUT2D eigenvalue weighted by Gasteiger charge is 2.30. The Morgan fingerprint density at radius 2 is 1.41 bits per heavy atom. The lowest BCUT2D eigenvalue weighted by molar-refractivity contribution is -0.527. The first-order chi connectivity index (χ1) is 8.15. The molecule has 0 spiro atoms. The van der Waals surface area contributed by atoms with Crippen molar-refractivity contribution >= 4 is 0 Å². The average molecular weight is 242 g/mol. The van der Waals surface area contributed by atoms with Crippen molar-refractivity contribution in [3.8, 4) is 0 Å². The second kappa shape index (κ2) is 5.78. The van der Waals surface area contributed by atoms with E-state index in [1.54, 1.807) is 0 Å². The highest BCUT2D eigenvalue weighted by atomic mass is 16.6. The lowest BCUT2D eigenvalue weighted by atomic mass is 9.91. The van der Waals surface area contributed by atoms with Gasteiger partial charge in [0.1, 0.15) is 0 Å². The van der Waals surface area contributed by atoms with Crippen LogP contribution < -0.4 is 5.73 Å². The van der Waals surface area contributed by atoms with Crippen molar-refractivity contribution in [3.63, 3.8) is 0 Å². The summed E-state index contributed by atoms with van der Waals surface area (Å²) in [6, 6.07) is 0.00898. The molecular formula is C12H22N2O3. The van der Waals surface area contributed by atoms with Gasteiger partial charge >= 0.3 is 0 Å². The molecule has 0 saturated heterocycles. The van der Waals surface area contributed by atoms with Gasteiger partial charge in [-0.05, 0) is 38.5 Å². The molecule has 2 aliphatic carbocycles. The standard InChI is InChI=1S/C12H22N2O3/c13-9-1-5-11(6-2-9)17-12-7-3-10(4-8-12)14(15)16/h9-12H,1-8,13H2. The Kier molecular flexibility index (Phi) is 4.34. The largest absolute Gasteiger partial charge is 0.375 e. The quantitative estimate of drug-likeness (QED) is 0.605. The van der Waals surface area contributed by atoms with Gasteiger partial charge in [0, 0.05) is 23.8 Å². The van der Waals surface area contributed by atoms with Crippen LogP contribution in [0.5, 0.6) is 0 Å². The smallest absolute Gasteiger partial charge is 0.213 e. The molecule has 2 saturated carbocycles. The SMILES string of the molecule is NC1CCC(OC2CCC([N+](=O)[O-])CC2)CC1. The summed E-state index contributed by atoms with van der Waals surface area (Å²) in [5.74, 6) is 0. The Hall–Kier alpha value is -0.680. The van der Waals surface area contributed by atoms with Gasteiger partial charge in [-0.15, -0.1) is 0 Å². The van der Waals surface area contributed by atoms with Crippen molar-refractivity contribution in [2.45, 2.75) is 75.7 Å². The Balaban J connectivity index is 1.69. The molecule has 0 radical (unpaired) electrons. The summed E-state index contributed by atoms with van der Waals surface area (Å²) in [7, 11) is 0. The number of hydrogen-bond acceptors (Lipinski definition) is 4. The van der Waals surface area contributed by atoms with Crippen molar-refractivity contribution in [1.82, 2.24) is 0 Å². The first-order valence-electron chi connectivity index (χ1n) is 6.69. The highest BCUT2D eigenvalue weighted by Crippen LogP contribution is 2.28. The van der Waals surface area contributed by atoms with Gasteiger partial charge in [-0.25, -0.2) is 0 Å². The molecule has 2 fully saturated rings. The maximum Gasteiger partial charge on any atom is 0.213 e. The first kappa shape index (κ1) is 12.8. The molecule has 0 aliphatic heterocycles. The lowest BCUT2D eigenvalue weighted by Crippen LogP contribution is -2.35. The summed E-state index contributed by atoms with van der Waals surface area (Å²) in [5, 5.41) is 10.6. The van der Waals surface area contributed by atoms with Crippen LogP contribution in [-0.2, 0) is 4.74 Å². The molecule has 0 aromatic rings. The molecule has 0 aromatic heterocycles. The van der Waals surface area contributed by atoms with Crippen LogP contribution in [0, 0.1) is 10.1 Å². The van der Waals surface area contributed by atoms with Crippen molar-refractivity contribution in [3.05, 3.63) is 10.1 Å². The number of nitrogens with zero attached hydrogens (tertiary/aromatic N) is 1. The number of hydrogen-bond donors (Lipinski definition) is 1. The van der Waals surface area contributed by atoms with Crippen LogP contribution in [0.25, 0.3) is 0 Å². The fourth-order valence-corrected chi connectivity index (χ4v) is 2.89. The second-order valence-corrected chi connectivity index (χ2v) is 5.39. The predicted octanol–water partition coefficient (Wildman–Crippen LogP) is 1.86. The minimum absolute atomic E-state index is 0.143. The number of nitrogens with two attached hydrogens (primary N) is 1. The fourth-order valence-electron chi connectivity index (χ4n) is 2.89. The molecule has 0 unspecified atom stereocenters. The minimum atomic E-state index is -0.338. The van der Waals surface area contributed by atoms with Crippen LogP contribution in [0.1, 0.15) is 51.4 Å². The maximum atomic E-state index is 10.6. The number of rotatable bonds is 3. The Bertz CT molecular complexity index is 256. The van der Waals surface area contributed by atoms with Gasteiger partial charge in [0.2, 0.25) is 6.04 Å². The highest BCUT2D eigenvalue weighted by molar-refractivity contribution is 4.78. The summed E-state index contributed by atoms with van der Waals surface area (Å²) in [6.45, 7) is 0. The Morgan fingerprint density at radius 3 is 1.88 bits per heavy atom. The van der Waals surface area contributed by atoms with Crippen molar-refractivity contribution in [1.29, 1.82) is 0 Å². The molecule has 5 nitrogen and oxygen atoms in total. The van der Waals surface area contributed by atoms with E-state index < -0.39 is 0 Å². The molecule has 2 aliphatic rings. The van der Waals surface area contributed by atoms with E-state index in [-0.39, 0.29) is 17.1 Å².